The highest BCUT2D eigenvalue weighted by Gasteiger charge is 2.13. The number of ether oxygens (including phenoxy) is 1. The molecule has 0 bridgehead atoms. The van der Waals surface area contributed by atoms with Gasteiger partial charge in [0.15, 0.2) is 10.6 Å². The van der Waals surface area contributed by atoms with Crippen molar-refractivity contribution in [2.75, 3.05) is 7.11 Å². The summed E-state index contributed by atoms with van der Waals surface area (Å²) in [5, 5.41) is 7.25. The highest BCUT2D eigenvalue weighted by molar-refractivity contribution is 7.71. The monoisotopic (exact) mass is 297 g/mol. The minimum absolute atomic E-state index is 0.525. The third kappa shape index (κ3) is 2.66. The lowest BCUT2D eigenvalue weighted by Crippen LogP contribution is -2.03. The lowest BCUT2D eigenvalue weighted by molar-refractivity contribution is 0.185. The average molecular weight is 297 g/mol. The van der Waals surface area contributed by atoms with Crippen LogP contribution in [0.2, 0.25) is 0 Å². The zero-order valence-electron chi connectivity index (χ0n) is 11.6. The van der Waals surface area contributed by atoms with Gasteiger partial charge in [0.2, 0.25) is 0 Å². The van der Waals surface area contributed by atoms with E-state index in [9.17, 15) is 0 Å². The average Bonchev–Trinajstić information content (AvgIpc) is 2.91. The van der Waals surface area contributed by atoms with E-state index in [0.29, 0.717) is 11.4 Å². The predicted molar refractivity (Wildman–Crippen MR) is 84.9 cm³/mol. The van der Waals surface area contributed by atoms with Crippen molar-refractivity contribution in [2.45, 2.75) is 6.61 Å². The molecular weight excluding hydrogens is 282 g/mol. The molecule has 1 aromatic heterocycles. The summed E-state index contributed by atoms with van der Waals surface area (Å²) >= 11 is 5.40. The molecule has 0 radical (unpaired) electrons. The summed E-state index contributed by atoms with van der Waals surface area (Å²) in [7, 11) is 1.68. The number of para-hydroxylation sites is 1. The van der Waals surface area contributed by atoms with Gasteiger partial charge in [-0.05, 0) is 18.3 Å². The maximum absolute atomic E-state index is 5.40. The van der Waals surface area contributed by atoms with Gasteiger partial charge < -0.3 is 4.74 Å². The number of hydrogen-bond acceptors (Lipinski definition) is 3. The van der Waals surface area contributed by atoms with Crippen molar-refractivity contribution in [3.05, 3.63) is 64.9 Å². The van der Waals surface area contributed by atoms with Crippen molar-refractivity contribution in [1.29, 1.82) is 0 Å². The van der Waals surface area contributed by atoms with Gasteiger partial charge in [0.05, 0.1) is 12.3 Å². The van der Waals surface area contributed by atoms with Crippen LogP contribution in [0.1, 0.15) is 5.56 Å². The summed E-state index contributed by atoms with van der Waals surface area (Å²) in [5.74, 6) is 0.796. The summed E-state index contributed by atoms with van der Waals surface area (Å²) in [5.41, 5.74) is 3.06. The first-order chi connectivity index (χ1) is 10.3. The van der Waals surface area contributed by atoms with Crippen LogP contribution in [0.4, 0.5) is 0 Å². The van der Waals surface area contributed by atoms with E-state index in [4.69, 9.17) is 17.0 Å². The molecule has 0 amide bonds. The fourth-order valence-corrected chi connectivity index (χ4v) is 2.54. The first-order valence-electron chi connectivity index (χ1n) is 6.61. The SMILES string of the molecule is COCc1ccccc1-n1c(-c2ccccc2)n[nH]c1=S. The van der Waals surface area contributed by atoms with Crippen molar-refractivity contribution in [3.63, 3.8) is 0 Å². The highest BCUT2D eigenvalue weighted by atomic mass is 32.1. The van der Waals surface area contributed by atoms with Crippen LogP contribution >= 0.6 is 12.2 Å². The second kappa shape index (κ2) is 6.03. The predicted octanol–water partition coefficient (Wildman–Crippen LogP) is 3.74. The normalized spacial score (nSPS) is 10.7. The summed E-state index contributed by atoms with van der Waals surface area (Å²) in [6, 6.07) is 18.0. The molecule has 0 saturated carbocycles. The van der Waals surface area contributed by atoms with Crippen molar-refractivity contribution in [2.24, 2.45) is 0 Å². The largest absolute Gasteiger partial charge is 0.380 e. The van der Waals surface area contributed by atoms with Crippen LogP contribution in [0.25, 0.3) is 17.1 Å². The van der Waals surface area contributed by atoms with Gasteiger partial charge in [-0.2, -0.15) is 5.10 Å². The Kier molecular flexibility index (Phi) is 3.94. The highest BCUT2D eigenvalue weighted by Crippen LogP contribution is 2.23. The van der Waals surface area contributed by atoms with Gasteiger partial charge in [0.25, 0.3) is 0 Å². The van der Waals surface area contributed by atoms with E-state index in [1.165, 1.54) is 0 Å². The number of nitrogens with one attached hydrogen (secondary N) is 1. The standard InChI is InChI=1S/C16H15N3OS/c1-20-11-13-9-5-6-10-14(13)19-15(17-18-16(19)21)12-7-3-2-4-8-12/h2-10H,11H2,1H3,(H,18,21). The molecule has 2 aromatic carbocycles. The van der Waals surface area contributed by atoms with Crippen LogP contribution in [-0.2, 0) is 11.3 Å². The van der Waals surface area contributed by atoms with E-state index >= 15 is 0 Å². The van der Waals surface area contributed by atoms with E-state index in [1.807, 2.05) is 59.2 Å². The van der Waals surface area contributed by atoms with Gasteiger partial charge >= 0.3 is 0 Å². The van der Waals surface area contributed by atoms with E-state index in [0.717, 1.165) is 22.6 Å². The number of methoxy groups -OCH3 is 1. The van der Waals surface area contributed by atoms with E-state index in [1.54, 1.807) is 7.11 Å². The molecule has 0 saturated heterocycles. The molecule has 21 heavy (non-hydrogen) atoms. The van der Waals surface area contributed by atoms with Crippen molar-refractivity contribution >= 4 is 12.2 Å². The maximum Gasteiger partial charge on any atom is 0.200 e. The third-order valence-corrected chi connectivity index (χ3v) is 3.51. The van der Waals surface area contributed by atoms with Crippen LogP contribution in [0.5, 0.6) is 0 Å². The topological polar surface area (TPSA) is 42.8 Å². The molecule has 4 nitrogen and oxygen atoms in total. The number of hydrogen-bond donors (Lipinski definition) is 1. The fourth-order valence-electron chi connectivity index (χ4n) is 2.31. The minimum Gasteiger partial charge on any atom is -0.380 e. The lowest BCUT2D eigenvalue weighted by atomic mass is 10.1. The van der Waals surface area contributed by atoms with Crippen LogP contribution in [0, 0.1) is 4.77 Å². The second-order valence-electron chi connectivity index (χ2n) is 4.62. The molecule has 0 aliphatic carbocycles. The molecule has 3 aromatic rings. The van der Waals surface area contributed by atoms with E-state index in [-0.39, 0.29) is 0 Å². The first-order valence-corrected chi connectivity index (χ1v) is 7.02. The van der Waals surface area contributed by atoms with Crippen LogP contribution in [-0.4, -0.2) is 21.9 Å². The second-order valence-corrected chi connectivity index (χ2v) is 5.00. The van der Waals surface area contributed by atoms with Gasteiger partial charge in [-0.1, -0.05) is 48.5 Å². The Bertz CT molecular complexity index is 793. The van der Waals surface area contributed by atoms with E-state index in [2.05, 4.69) is 10.2 Å². The van der Waals surface area contributed by atoms with Crippen LogP contribution in [0.15, 0.2) is 54.6 Å². The van der Waals surface area contributed by atoms with Gasteiger partial charge in [0, 0.05) is 18.2 Å². The minimum atomic E-state index is 0.525. The number of rotatable bonds is 4. The summed E-state index contributed by atoms with van der Waals surface area (Å²) in [4.78, 5) is 0. The van der Waals surface area contributed by atoms with Crippen molar-refractivity contribution in [1.82, 2.24) is 14.8 Å². The van der Waals surface area contributed by atoms with Crippen LogP contribution < -0.4 is 0 Å². The molecule has 1 heterocycles. The maximum atomic E-state index is 5.40. The molecule has 106 valence electrons. The van der Waals surface area contributed by atoms with Gasteiger partial charge in [-0.25, -0.2) is 0 Å². The Hall–Kier alpha value is -2.24. The smallest absolute Gasteiger partial charge is 0.200 e. The molecule has 3 rings (SSSR count). The Morgan fingerprint density at radius 2 is 1.81 bits per heavy atom. The fraction of sp³-hybridized carbons (Fsp3) is 0.125. The molecule has 0 aliphatic heterocycles. The zero-order chi connectivity index (χ0) is 14.7. The third-order valence-electron chi connectivity index (χ3n) is 3.24. The summed E-state index contributed by atoms with van der Waals surface area (Å²) in [6.07, 6.45) is 0. The molecular formula is C16H15N3OS. The number of H-pyrrole nitrogens is 1. The number of aromatic nitrogens is 3. The lowest BCUT2D eigenvalue weighted by Gasteiger charge is -2.11. The first kappa shape index (κ1) is 13.7. The van der Waals surface area contributed by atoms with E-state index < -0.39 is 0 Å². The molecule has 0 atom stereocenters. The molecule has 0 spiro atoms. The van der Waals surface area contributed by atoms with Gasteiger partial charge in [0.1, 0.15) is 0 Å². The zero-order valence-corrected chi connectivity index (χ0v) is 12.4. The Labute approximate surface area is 128 Å². The number of nitrogens with zero attached hydrogens (tertiary/aromatic N) is 2. The van der Waals surface area contributed by atoms with Gasteiger partial charge in [-0.15, -0.1) is 0 Å². The van der Waals surface area contributed by atoms with Crippen molar-refractivity contribution < 1.29 is 4.74 Å². The Balaban J connectivity index is 2.20. The molecule has 5 heteroatoms. The summed E-state index contributed by atoms with van der Waals surface area (Å²) in [6.45, 7) is 0.525. The Morgan fingerprint density at radius 1 is 1.10 bits per heavy atom. The molecule has 0 fully saturated rings. The number of benzene rings is 2. The quantitative estimate of drug-likeness (QED) is 0.746. The Morgan fingerprint density at radius 3 is 2.57 bits per heavy atom. The number of aromatic amines is 1. The summed E-state index contributed by atoms with van der Waals surface area (Å²) < 4.78 is 7.78. The molecule has 0 unspecified atom stereocenters. The molecule has 1 N–H and O–H groups in total. The van der Waals surface area contributed by atoms with Crippen LogP contribution in [0.3, 0.4) is 0 Å². The van der Waals surface area contributed by atoms with Crippen molar-refractivity contribution in [3.8, 4) is 17.1 Å². The van der Waals surface area contributed by atoms with Gasteiger partial charge in [-0.3, -0.25) is 9.67 Å². The molecule has 0 aliphatic rings.